The van der Waals surface area contributed by atoms with Crippen molar-refractivity contribution in [3.05, 3.63) is 87.9 Å². The molecule has 0 aromatic heterocycles. The molecular formula is C31H31Cl2N3O3. The summed E-state index contributed by atoms with van der Waals surface area (Å²) in [5, 5.41) is 0.748. The molecule has 4 amide bonds. The van der Waals surface area contributed by atoms with Crippen LogP contribution in [0.15, 0.2) is 66.7 Å². The van der Waals surface area contributed by atoms with Gasteiger partial charge in [0, 0.05) is 43.5 Å². The van der Waals surface area contributed by atoms with Crippen molar-refractivity contribution in [2.24, 2.45) is 0 Å². The molecule has 0 N–H and O–H groups in total. The second kappa shape index (κ2) is 11.0. The van der Waals surface area contributed by atoms with Crippen molar-refractivity contribution in [3.8, 4) is 11.1 Å². The molecule has 2 heterocycles. The summed E-state index contributed by atoms with van der Waals surface area (Å²) in [7, 11) is 3.54. The number of halogens is 2. The third kappa shape index (κ3) is 5.28. The van der Waals surface area contributed by atoms with Gasteiger partial charge in [0.05, 0.1) is 5.69 Å². The fourth-order valence-electron chi connectivity index (χ4n) is 5.73. The zero-order valence-corrected chi connectivity index (χ0v) is 23.6. The van der Waals surface area contributed by atoms with Crippen molar-refractivity contribution in [1.82, 2.24) is 9.80 Å². The molecule has 2 saturated heterocycles. The zero-order chi connectivity index (χ0) is 27.7. The second-order valence-corrected chi connectivity index (χ2v) is 11.4. The number of anilines is 1. The van der Waals surface area contributed by atoms with Crippen LogP contribution in [0.3, 0.4) is 0 Å². The zero-order valence-electron chi connectivity index (χ0n) is 22.1. The third-order valence-electron chi connectivity index (χ3n) is 7.75. The first-order valence-corrected chi connectivity index (χ1v) is 13.9. The van der Waals surface area contributed by atoms with E-state index in [0.717, 1.165) is 35.1 Å². The lowest BCUT2D eigenvalue weighted by Crippen LogP contribution is -2.54. The highest BCUT2D eigenvalue weighted by Gasteiger charge is 2.58. The van der Waals surface area contributed by atoms with Gasteiger partial charge in [0.25, 0.3) is 5.91 Å². The van der Waals surface area contributed by atoms with Gasteiger partial charge in [-0.25, -0.2) is 9.69 Å². The van der Waals surface area contributed by atoms with E-state index in [1.54, 1.807) is 42.1 Å². The Labute approximate surface area is 239 Å². The first-order chi connectivity index (χ1) is 18.7. The van der Waals surface area contributed by atoms with Crippen LogP contribution in [-0.2, 0) is 22.4 Å². The standard InChI is InChI=1S/C31H31Cl2N3O3/c1-34(2)28(37)14-13-22-7-3-4-8-27(22)23-11-9-21(10-12-23)20-31-15-5-6-16-35(31)30(39)36(29(31)38)26-18-24(32)17-25(33)19-26/h3-4,7-12,17-19H,5-6,13-16,20H2,1-2H3. The number of hydrogen-bond donors (Lipinski definition) is 0. The SMILES string of the molecule is CN(C)C(=O)CCc1ccccc1-c1ccc(CC23CCCCN2C(=O)N(c2cc(Cl)cc(Cl)c2)C3=O)cc1. The van der Waals surface area contributed by atoms with Gasteiger partial charge in [0.15, 0.2) is 0 Å². The molecule has 8 heteroatoms. The molecule has 0 bridgehead atoms. The minimum absolute atomic E-state index is 0.0984. The number of imide groups is 1. The van der Waals surface area contributed by atoms with E-state index in [1.165, 1.54) is 4.90 Å². The largest absolute Gasteiger partial charge is 0.349 e. The van der Waals surface area contributed by atoms with Crippen LogP contribution in [0.1, 0.15) is 36.8 Å². The van der Waals surface area contributed by atoms with Gasteiger partial charge in [0.2, 0.25) is 5.91 Å². The van der Waals surface area contributed by atoms with Crippen molar-refractivity contribution in [3.63, 3.8) is 0 Å². The van der Waals surface area contributed by atoms with Gasteiger partial charge in [0.1, 0.15) is 5.54 Å². The van der Waals surface area contributed by atoms with Gasteiger partial charge in [-0.15, -0.1) is 0 Å². The number of benzene rings is 3. The summed E-state index contributed by atoms with van der Waals surface area (Å²) in [4.78, 5) is 44.2. The smallest absolute Gasteiger partial charge is 0.332 e. The van der Waals surface area contributed by atoms with Crippen LogP contribution in [0.25, 0.3) is 11.1 Å². The van der Waals surface area contributed by atoms with E-state index in [9.17, 15) is 14.4 Å². The summed E-state index contributed by atoms with van der Waals surface area (Å²) < 4.78 is 0. The molecule has 1 atom stereocenters. The van der Waals surface area contributed by atoms with Crippen LogP contribution < -0.4 is 4.90 Å². The maximum atomic E-state index is 14.0. The van der Waals surface area contributed by atoms with Gasteiger partial charge >= 0.3 is 6.03 Å². The third-order valence-corrected chi connectivity index (χ3v) is 8.19. The van der Waals surface area contributed by atoms with E-state index in [4.69, 9.17) is 23.2 Å². The fraction of sp³-hybridized carbons (Fsp3) is 0.323. The molecule has 5 rings (SSSR count). The molecule has 2 aliphatic rings. The molecular weight excluding hydrogens is 533 g/mol. The quantitative estimate of drug-likeness (QED) is 0.303. The summed E-state index contributed by atoms with van der Waals surface area (Å²) in [5.41, 5.74) is 3.70. The minimum Gasteiger partial charge on any atom is -0.349 e. The molecule has 2 aliphatic heterocycles. The highest BCUT2D eigenvalue weighted by atomic mass is 35.5. The van der Waals surface area contributed by atoms with E-state index in [1.807, 2.05) is 24.3 Å². The van der Waals surface area contributed by atoms with Crippen LogP contribution in [0, 0.1) is 0 Å². The molecule has 39 heavy (non-hydrogen) atoms. The molecule has 1 unspecified atom stereocenters. The van der Waals surface area contributed by atoms with Gasteiger partial charge in [-0.2, -0.15) is 0 Å². The van der Waals surface area contributed by atoms with Crippen molar-refractivity contribution in [2.75, 3.05) is 25.5 Å². The Bertz CT molecular complexity index is 1400. The molecule has 3 aromatic rings. The number of fused-ring (bicyclic) bond motifs is 1. The van der Waals surface area contributed by atoms with Crippen LogP contribution >= 0.6 is 23.2 Å². The number of nitrogens with zero attached hydrogens (tertiary/aromatic N) is 3. The maximum Gasteiger partial charge on any atom is 0.332 e. The summed E-state index contributed by atoms with van der Waals surface area (Å²) in [6.07, 6.45) is 3.88. The van der Waals surface area contributed by atoms with E-state index in [-0.39, 0.29) is 17.8 Å². The van der Waals surface area contributed by atoms with E-state index < -0.39 is 5.54 Å². The normalized spacial score (nSPS) is 18.9. The van der Waals surface area contributed by atoms with Crippen molar-refractivity contribution >= 4 is 46.7 Å². The Morgan fingerprint density at radius 1 is 0.949 bits per heavy atom. The van der Waals surface area contributed by atoms with Gasteiger partial charge < -0.3 is 9.80 Å². The number of urea groups is 1. The second-order valence-electron chi connectivity index (χ2n) is 10.5. The monoisotopic (exact) mass is 563 g/mol. The Hall–Kier alpha value is -3.35. The number of hydrogen-bond acceptors (Lipinski definition) is 3. The molecule has 3 aromatic carbocycles. The van der Waals surface area contributed by atoms with Crippen LogP contribution in [0.4, 0.5) is 10.5 Å². The minimum atomic E-state index is -0.934. The van der Waals surface area contributed by atoms with Crippen molar-refractivity contribution in [2.45, 2.75) is 44.1 Å². The van der Waals surface area contributed by atoms with Crippen LogP contribution in [0.5, 0.6) is 0 Å². The average Bonchev–Trinajstić information content (AvgIpc) is 3.13. The van der Waals surface area contributed by atoms with Gasteiger partial charge in [-0.1, -0.05) is 71.7 Å². The lowest BCUT2D eigenvalue weighted by atomic mass is 9.81. The Balaban J connectivity index is 1.41. The Morgan fingerprint density at radius 3 is 2.33 bits per heavy atom. The predicted molar refractivity (Wildman–Crippen MR) is 155 cm³/mol. The first-order valence-electron chi connectivity index (χ1n) is 13.2. The summed E-state index contributed by atoms with van der Waals surface area (Å²) >= 11 is 12.4. The average molecular weight is 565 g/mol. The molecule has 0 aliphatic carbocycles. The maximum absolute atomic E-state index is 14.0. The lowest BCUT2D eigenvalue weighted by molar-refractivity contribution is -0.128. The van der Waals surface area contributed by atoms with E-state index >= 15 is 0 Å². The topological polar surface area (TPSA) is 60.9 Å². The summed E-state index contributed by atoms with van der Waals surface area (Å²) in [6, 6.07) is 20.8. The Morgan fingerprint density at radius 2 is 1.64 bits per heavy atom. The molecule has 6 nitrogen and oxygen atoms in total. The first kappa shape index (κ1) is 27.2. The van der Waals surface area contributed by atoms with E-state index in [2.05, 4.69) is 24.3 Å². The highest BCUT2D eigenvalue weighted by Crippen LogP contribution is 2.42. The molecule has 202 valence electrons. The number of rotatable bonds is 7. The predicted octanol–water partition coefficient (Wildman–Crippen LogP) is 6.62. The Kier molecular flexibility index (Phi) is 7.70. The fourth-order valence-corrected chi connectivity index (χ4v) is 6.25. The molecule has 2 fully saturated rings. The van der Waals surface area contributed by atoms with Crippen molar-refractivity contribution < 1.29 is 14.4 Å². The lowest BCUT2D eigenvalue weighted by Gasteiger charge is -2.39. The molecule has 0 saturated carbocycles. The van der Waals surface area contributed by atoms with Crippen molar-refractivity contribution in [1.29, 1.82) is 0 Å². The number of carbonyl (C=O) groups is 3. The number of aryl methyl sites for hydroxylation is 1. The number of piperidine rings is 1. The summed E-state index contributed by atoms with van der Waals surface area (Å²) in [5.74, 6) is -0.133. The van der Waals surface area contributed by atoms with E-state index in [0.29, 0.717) is 48.0 Å². The molecule has 0 radical (unpaired) electrons. The van der Waals surface area contributed by atoms with Gasteiger partial charge in [-0.3, -0.25) is 9.59 Å². The molecule has 0 spiro atoms. The van der Waals surface area contributed by atoms with Crippen LogP contribution in [-0.4, -0.2) is 53.8 Å². The highest BCUT2D eigenvalue weighted by molar-refractivity contribution is 6.35. The van der Waals surface area contributed by atoms with Gasteiger partial charge in [-0.05, 0) is 66.1 Å². The number of amides is 4. The van der Waals surface area contributed by atoms with Crippen LogP contribution in [0.2, 0.25) is 10.0 Å². The number of carbonyl (C=O) groups excluding carboxylic acids is 3. The summed E-state index contributed by atoms with van der Waals surface area (Å²) in [6.45, 7) is 0.534.